The number of urea groups is 1. The fraction of sp³-hybridized carbons (Fsp3) is 0.381. The molecule has 1 aliphatic rings. The van der Waals surface area contributed by atoms with Crippen molar-refractivity contribution in [3.05, 3.63) is 48.5 Å². The molecule has 1 saturated heterocycles. The molecule has 2 N–H and O–H groups in total. The van der Waals surface area contributed by atoms with E-state index in [2.05, 4.69) is 34.6 Å². The Balaban J connectivity index is 1.52. The molecule has 1 aliphatic heterocycles. The molecule has 3 rings (SSSR count). The van der Waals surface area contributed by atoms with Crippen molar-refractivity contribution in [2.75, 3.05) is 35.2 Å². The summed E-state index contributed by atoms with van der Waals surface area (Å²) in [6, 6.07) is 15.1. The van der Waals surface area contributed by atoms with E-state index in [1.165, 1.54) is 18.5 Å². The van der Waals surface area contributed by atoms with Crippen LogP contribution in [0.4, 0.5) is 21.9 Å². The van der Waals surface area contributed by atoms with Crippen LogP contribution in [0, 0.1) is 5.92 Å². The zero-order valence-corrected chi connectivity index (χ0v) is 15.5. The summed E-state index contributed by atoms with van der Waals surface area (Å²) < 4.78 is 5.40. The number of nitrogens with one attached hydrogen (secondary N) is 2. The first-order chi connectivity index (χ1) is 12.6. The summed E-state index contributed by atoms with van der Waals surface area (Å²) in [5.41, 5.74) is 2.72. The number of carbonyl (C=O) groups is 1. The Hall–Kier alpha value is -2.69. The average molecular weight is 353 g/mol. The molecule has 0 radical (unpaired) electrons. The minimum atomic E-state index is -0.256. The van der Waals surface area contributed by atoms with Crippen LogP contribution in [0.1, 0.15) is 26.7 Å². The predicted octanol–water partition coefficient (Wildman–Crippen LogP) is 4.97. The van der Waals surface area contributed by atoms with Gasteiger partial charge in [0, 0.05) is 30.2 Å². The van der Waals surface area contributed by atoms with E-state index in [1.807, 2.05) is 43.3 Å². The fourth-order valence-electron chi connectivity index (χ4n) is 3.12. The van der Waals surface area contributed by atoms with Crippen molar-refractivity contribution >= 4 is 23.1 Å². The number of ether oxygens (including phenoxy) is 1. The third-order valence-corrected chi connectivity index (χ3v) is 4.70. The Kier molecular flexibility index (Phi) is 6.00. The molecular weight excluding hydrogens is 326 g/mol. The van der Waals surface area contributed by atoms with Crippen LogP contribution in [0.3, 0.4) is 0 Å². The van der Waals surface area contributed by atoms with Crippen molar-refractivity contribution in [3.63, 3.8) is 0 Å². The molecule has 2 aromatic rings. The van der Waals surface area contributed by atoms with Gasteiger partial charge >= 0.3 is 6.03 Å². The molecule has 0 saturated carbocycles. The number of carbonyl (C=O) groups excluding carboxylic acids is 1. The highest BCUT2D eigenvalue weighted by atomic mass is 16.5. The molecule has 0 aromatic heterocycles. The lowest BCUT2D eigenvalue weighted by Gasteiger charge is -2.32. The summed E-state index contributed by atoms with van der Waals surface area (Å²) in [7, 11) is 0. The van der Waals surface area contributed by atoms with Crippen LogP contribution in [0.2, 0.25) is 0 Å². The van der Waals surface area contributed by atoms with Crippen LogP contribution in [0.25, 0.3) is 0 Å². The highest BCUT2D eigenvalue weighted by molar-refractivity contribution is 5.99. The van der Waals surface area contributed by atoms with Crippen LogP contribution < -0.4 is 20.3 Å². The number of nitrogens with zero attached hydrogens (tertiary/aromatic N) is 1. The summed E-state index contributed by atoms with van der Waals surface area (Å²) >= 11 is 0. The van der Waals surface area contributed by atoms with Gasteiger partial charge in [-0.25, -0.2) is 4.79 Å². The first-order valence-corrected chi connectivity index (χ1v) is 9.30. The van der Waals surface area contributed by atoms with Gasteiger partial charge in [-0.05, 0) is 74.2 Å². The van der Waals surface area contributed by atoms with Gasteiger partial charge in [-0.2, -0.15) is 0 Å². The summed E-state index contributed by atoms with van der Waals surface area (Å²) in [5.74, 6) is 1.61. The minimum Gasteiger partial charge on any atom is -0.494 e. The molecule has 1 fully saturated rings. The first kappa shape index (κ1) is 18.1. The summed E-state index contributed by atoms with van der Waals surface area (Å²) in [4.78, 5) is 14.6. The van der Waals surface area contributed by atoms with Crippen molar-refractivity contribution in [1.82, 2.24) is 0 Å². The fourth-order valence-corrected chi connectivity index (χ4v) is 3.12. The van der Waals surface area contributed by atoms with Crippen LogP contribution >= 0.6 is 0 Å². The molecule has 26 heavy (non-hydrogen) atoms. The van der Waals surface area contributed by atoms with Gasteiger partial charge in [0.05, 0.1) is 6.61 Å². The maximum atomic E-state index is 12.2. The minimum absolute atomic E-state index is 0.256. The molecule has 0 atom stereocenters. The lowest BCUT2D eigenvalue weighted by atomic mass is 9.99. The molecular formula is C21H27N3O2. The van der Waals surface area contributed by atoms with Crippen molar-refractivity contribution in [2.24, 2.45) is 5.92 Å². The number of hydrogen-bond donors (Lipinski definition) is 2. The van der Waals surface area contributed by atoms with Gasteiger partial charge in [0.1, 0.15) is 5.75 Å². The van der Waals surface area contributed by atoms with E-state index < -0.39 is 0 Å². The van der Waals surface area contributed by atoms with Crippen molar-refractivity contribution < 1.29 is 9.53 Å². The van der Waals surface area contributed by atoms with E-state index in [1.54, 1.807) is 0 Å². The Morgan fingerprint density at radius 1 is 1.00 bits per heavy atom. The number of rotatable bonds is 5. The van der Waals surface area contributed by atoms with Gasteiger partial charge in [-0.1, -0.05) is 6.92 Å². The summed E-state index contributed by atoms with van der Waals surface area (Å²) in [6.07, 6.45) is 2.48. The van der Waals surface area contributed by atoms with Crippen LogP contribution in [0.15, 0.2) is 48.5 Å². The van der Waals surface area contributed by atoms with Crippen molar-refractivity contribution in [1.29, 1.82) is 0 Å². The van der Waals surface area contributed by atoms with E-state index in [4.69, 9.17) is 4.74 Å². The molecule has 5 heteroatoms. The van der Waals surface area contributed by atoms with Gasteiger partial charge in [-0.15, -0.1) is 0 Å². The third kappa shape index (κ3) is 4.91. The highest BCUT2D eigenvalue weighted by Gasteiger charge is 2.15. The normalized spacial score (nSPS) is 14.8. The van der Waals surface area contributed by atoms with Gasteiger partial charge in [0.15, 0.2) is 0 Å². The smallest absolute Gasteiger partial charge is 0.323 e. The Bertz CT molecular complexity index is 705. The molecule has 138 valence electrons. The monoisotopic (exact) mass is 353 g/mol. The second-order valence-electron chi connectivity index (χ2n) is 6.75. The quantitative estimate of drug-likeness (QED) is 0.798. The van der Waals surface area contributed by atoms with Crippen molar-refractivity contribution in [3.8, 4) is 5.75 Å². The maximum absolute atomic E-state index is 12.2. The van der Waals surface area contributed by atoms with Gasteiger partial charge in [0.2, 0.25) is 0 Å². The first-order valence-electron chi connectivity index (χ1n) is 9.30. The molecule has 0 spiro atoms. The van der Waals surface area contributed by atoms with E-state index in [-0.39, 0.29) is 6.03 Å². The molecule has 0 bridgehead atoms. The van der Waals surface area contributed by atoms with E-state index in [0.717, 1.165) is 36.1 Å². The van der Waals surface area contributed by atoms with Crippen LogP contribution in [0.5, 0.6) is 5.75 Å². The molecule has 2 amide bonds. The second kappa shape index (κ2) is 8.61. The molecule has 5 nitrogen and oxygen atoms in total. The lowest BCUT2D eigenvalue weighted by molar-refractivity contribution is 0.262. The third-order valence-electron chi connectivity index (χ3n) is 4.70. The van der Waals surface area contributed by atoms with Crippen LogP contribution in [-0.4, -0.2) is 25.7 Å². The number of amides is 2. The molecule has 1 heterocycles. The van der Waals surface area contributed by atoms with Gasteiger partial charge < -0.3 is 20.3 Å². The SMILES string of the molecule is CCOc1ccc(NC(=O)Nc2ccc(N3CCC(C)CC3)cc2)cc1. The van der Waals surface area contributed by atoms with Crippen LogP contribution in [-0.2, 0) is 0 Å². The predicted molar refractivity (Wildman–Crippen MR) is 107 cm³/mol. The summed E-state index contributed by atoms with van der Waals surface area (Å²) in [5, 5.41) is 5.69. The lowest BCUT2D eigenvalue weighted by Crippen LogP contribution is -2.32. The van der Waals surface area contributed by atoms with Crippen molar-refractivity contribution in [2.45, 2.75) is 26.7 Å². The van der Waals surface area contributed by atoms with E-state index in [9.17, 15) is 4.79 Å². The largest absolute Gasteiger partial charge is 0.494 e. The zero-order chi connectivity index (χ0) is 18.4. The Morgan fingerprint density at radius 3 is 2.08 bits per heavy atom. The topological polar surface area (TPSA) is 53.6 Å². The highest BCUT2D eigenvalue weighted by Crippen LogP contribution is 2.24. The number of anilines is 3. The number of hydrogen-bond acceptors (Lipinski definition) is 3. The maximum Gasteiger partial charge on any atom is 0.323 e. The molecule has 2 aromatic carbocycles. The zero-order valence-electron chi connectivity index (χ0n) is 15.5. The van der Waals surface area contributed by atoms with Gasteiger partial charge in [-0.3, -0.25) is 0 Å². The average Bonchev–Trinajstić information content (AvgIpc) is 2.65. The second-order valence-corrected chi connectivity index (χ2v) is 6.75. The Morgan fingerprint density at radius 2 is 1.54 bits per heavy atom. The van der Waals surface area contributed by atoms with E-state index >= 15 is 0 Å². The number of piperidine rings is 1. The molecule has 0 unspecified atom stereocenters. The van der Waals surface area contributed by atoms with E-state index in [0.29, 0.717) is 6.61 Å². The van der Waals surface area contributed by atoms with Gasteiger partial charge in [0.25, 0.3) is 0 Å². The standard InChI is InChI=1S/C21H27N3O2/c1-3-26-20-10-6-18(7-11-20)23-21(25)22-17-4-8-19(9-5-17)24-14-12-16(2)13-15-24/h4-11,16H,3,12-15H2,1-2H3,(H2,22,23,25). The summed E-state index contributed by atoms with van der Waals surface area (Å²) in [6.45, 7) is 7.09. The Labute approximate surface area is 155 Å². The molecule has 0 aliphatic carbocycles. The number of benzene rings is 2.